The van der Waals surface area contributed by atoms with Crippen LogP contribution in [0, 0.1) is 23.2 Å². The van der Waals surface area contributed by atoms with Gasteiger partial charge in [0, 0.05) is 24.5 Å². The quantitative estimate of drug-likeness (QED) is 0.320. The van der Waals surface area contributed by atoms with Gasteiger partial charge in [0.15, 0.2) is 0 Å². The van der Waals surface area contributed by atoms with Gasteiger partial charge in [-0.05, 0) is 78.6 Å². The van der Waals surface area contributed by atoms with Crippen LogP contribution in [0.3, 0.4) is 0 Å². The lowest BCUT2D eigenvalue weighted by molar-refractivity contribution is -0.147. The van der Waals surface area contributed by atoms with Crippen LogP contribution in [0.5, 0.6) is 0 Å². The number of fused-ring (bicyclic) bond motifs is 1. The number of urea groups is 1. The molecule has 3 fully saturated rings. The molecule has 3 aliphatic rings. The number of piperidine rings is 1. The summed E-state index contributed by atoms with van der Waals surface area (Å²) in [5, 5.41) is 11.2. The van der Waals surface area contributed by atoms with E-state index in [0.717, 1.165) is 0 Å². The molecule has 7 atom stereocenters. The van der Waals surface area contributed by atoms with Crippen LogP contribution >= 0.6 is 0 Å². The summed E-state index contributed by atoms with van der Waals surface area (Å²) in [6, 6.07) is -3.17. The molecule has 4 N–H and O–H groups in total. The number of ether oxygens (including phenoxy) is 1. The van der Waals surface area contributed by atoms with E-state index in [9.17, 15) is 24.0 Å². The number of likely N-dealkylation sites (tertiary alicyclic amines) is 1. The minimum atomic E-state index is -1.04. The Hall–Kier alpha value is -2.69. The SMILES string of the molecule is CC(OC(C)(C)C)C(NC(=O)NC(C)(C)C)C(=O)N1C[C@H]2[C@@H]([C@H]1C(=O)NC(C=O)C[C@@H]1CCNC1=O)C2(C)C. The molecule has 0 bridgehead atoms. The van der Waals surface area contributed by atoms with Crippen LogP contribution in [0.15, 0.2) is 0 Å². The molecular formula is C28H47N5O6. The molecule has 11 nitrogen and oxygen atoms in total. The van der Waals surface area contributed by atoms with Crippen molar-refractivity contribution in [1.82, 2.24) is 26.2 Å². The van der Waals surface area contributed by atoms with Crippen molar-refractivity contribution in [2.24, 2.45) is 23.2 Å². The molecule has 0 spiro atoms. The van der Waals surface area contributed by atoms with Gasteiger partial charge in [-0.3, -0.25) is 14.4 Å². The van der Waals surface area contributed by atoms with Crippen LogP contribution < -0.4 is 21.3 Å². The van der Waals surface area contributed by atoms with Crippen molar-refractivity contribution < 1.29 is 28.7 Å². The number of hydrogen-bond acceptors (Lipinski definition) is 6. The van der Waals surface area contributed by atoms with Crippen molar-refractivity contribution >= 4 is 30.0 Å². The highest BCUT2D eigenvalue weighted by Gasteiger charge is 2.69. The van der Waals surface area contributed by atoms with Gasteiger partial charge in [0.25, 0.3) is 0 Å². The number of rotatable bonds is 9. The Morgan fingerprint density at radius 2 is 1.79 bits per heavy atom. The summed E-state index contributed by atoms with van der Waals surface area (Å²) >= 11 is 0. The number of amides is 5. The average molecular weight is 550 g/mol. The first-order valence-electron chi connectivity index (χ1n) is 14.0. The molecule has 2 aliphatic heterocycles. The largest absolute Gasteiger partial charge is 0.370 e. The lowest BCUT2D eigenvalue weighted by Crippen LogP contribution is -2.62. The fourth-order valence-electron chi connectivity index (χ4n) is 6.11. The third kappa shape index (κ3) is 7.29. The zero-order valence-electron chi connectivity index (χ0n) is 24.8. The van der Waals surface area contributed by atoms with E-state index in [2.05, 4.69) is 35.1 Å². The second kappa shape index (κ2) is 11.1. The van der Waals surface area contributed by atoms with Crippen LogP contribution in [-0.4, -0.2) is 83.4 Å². The molecule has 5 amide bonds. The van der Waals surface area contributed by atoms with Gasteiger partial charge < -0.3 is 35.7 Å². The highest BCUT2D eigenvalue weighted by molar-refractivity contribution is 5.94. The molecule has 0 aromatic rings. The number of hydrogen-bond donors (Lipinski definition) is 4. The molecule has 220 valence electrons. The first-order valence-corrected chi connectivity index (χ1v) is 14.0. The van der Waals surface area contributed by atoms with Crippen molar-refractivity contribution in [3.8, 4) is 0 Å². The lowest BCUT2D eigenvalue weighted by Gasteiger charge is -2.37. The minimum Gasteiger partial charge on any atom is -0.370 e. The molecule has 3 rings (SSSR count). The third-order valence-electron chi connectivity index (χ3n) is 8.00. The fourth-order valence-corrected chi connectivity index (χ4v) is 6.11. The number of nitrogens with one attached hydrogen (secondary N) is 4. The van der Waals surface area contributed by atoms with E-state index in [4.69, 9.17) is 4.74 Å². The molecule has 0 aromatic heterocycles. The van der Waals surface area contributed by atoms with Crippen molar-refractivity contribution in [3.05, 3.63) is 0 Å². The standard InChI is InChI=1S/C28H47N5O6/c1-15(39-27(5,6)7)20(31-25(38)32-26(2,3)4)24(37)33-13-18-19(28(18,8)9)21(33)23(36)30-17(14-34)12-16-10-11-29-22(16)35/h14-21H,10-13H2,1-9H3,(H,29,35)(H,30,36)(H2,31,32,38)/t15?,16-,17?,18-,19-,20?,21-/m0/s1. The normalized spacial score (nSPS) is 28.0. The number of carbonyl (C=O) groups excluding carboxylic acids is 5. The van der Waals surface area contributed by atoms with Gasteiger partial charge in [0.2, 0.25) is 17.7 Å². The van der Waals surface area contributed by atoms with Gasteiger partial charge in [-0.1, -0.05) is 13.8 Å². The molecule has 11 heteroatoms. The Kier molecular flexibility index (Phi) is 8.75. The topological polar surface area (TPSA) is 146 Å². The molecule has 2 saturated heterocycles. The summed E-state index contributed by atoms with van der Waals surface area (Å²) < 4.78 is 6.08. The maximum atomic E-state index is 14.0. The van der Waals surface area contributed by atoms with Gasteiger partial charge in [0.1, 0.15) is 18.4 Å². The highest BCUT2D eigenvalue weighted by Crippen LogP contribution is 2.65. The zero-order chi connectivity index (χ0) is 29.5. The molecule has 0 aromatic carbocycles. The maximum Gasteiger partial charge on any atom is 0.315 e. The Balaban J connectivity index is 1.82. The number of nitrogens with zero attached hydrogens (tertiary/aromatic N) is 1. The molecular weight excluding hydrogens is 502 g/mol. The maximum absolute atomic E-state index is 14.0. The number of carbonyl (C=O) groups is 5. The molecule has 0 radical (unpaired) electrons. The van der Waals surface area contributed by atoms with E-state index in [1.54, 1.807) is 6.92 Å². The van der Waals surface area contributed by atoms with Crippen LogP contribution in [0.2, 0.25) is 0 Å². The Labute approximate surface area is 231 Å². The van der Waals surface area contributed by atoms with Crippen molar-refractivity contribution in [1.29, 1.82) is 0 Å². The predicted molar refractivity (Wildman–Crippen MR) is 145 cm³/mol. The Bertz CT molecular complexity index is 984. The minimum absolute atomic E-state index is 0.0774. The van der Waals surface area contributed by atoms with E-state index < -0.39 is 53.2 Å². The van der Waals surface area contributed by atoms with Crippen molar-refractivity contribution in [2.45, 2.75) is 111 Å². The third-order valence-corrected chi connectivity index (χ3v) is 8.00. The van der Waals surface area contributed by atoms with Gasteiger partial charge in [-0.15, -0.1) is 0 Å². The lowest BCUT2D eigenvalue weighted by atomic mass is 9.97. The zero-order valence-corrected chi connectivity index (χ0v) is 24.8. The second-order valence-electron chi connectivity index (χ2n) is 13.9. The summed E-state index contributed by atoms with van der Waals surface area (Å²) in [7, 11) is 0. The molecule has 2 heterocycles. The van der Waals surface area contributed by atoms with Crippen LogP contribution in [-0.2, 0) is 23.9 Å². The Morgan fingerprint density at radius 3 is 2.31 bits per heavy atom. The van der Waals surface area contributed by atoms with Gasteiger partial charge >= 0.3 is 6.03 Å². The first kappa shape index (κ1) is 30.8. The Morgan fingerprint density at radius 1 is 1.15 bits per heavy atom. The van der Waals surface area contributed by atoms with E-state index in [-0.39, 0.29) is 35.5 Å². The molecule has 3 unspecified atom stereocenters. The summed E-state index contributed by atoms with van der Waals surface area (Å²) in [6.07, 6.45) is 0.800. The molecule has 39 heavy (non-hydrogen) atoms. The van der Waals surface area contributed by atoms with E-state index in [1.807, 2.05) is 41.5 Å². The van der Waals surface area contributed by atoms with Crippen LogP contribution in [0.25, 0.3) is 0 Å². The van der Waals surface area contributed by atoms with Gasteiger partial charge in [-0.25, -0.2) is 4.79 Å². The predicted octanol–water partition coefficient (Wildman–Crippen LogP) is 1.35. The van der Waals surface area contributed by atoms with E-state index >= 15 is 0 Å². The second-order valence-corrected chi connectivity index (χ2v) is 13.9. The summed E-state index contributed by atoms with van der Waals surface area (Å²) in [6.45, 7) is 17.9. The van der Waals surface area contributed by atoms with Gasteiger partial charge in [-0.2, -0.15) is 0 Å². The molecule has 1 aliphatic carbocycles. The first-order chi connectivity index (χ1) is 17.9. The van der Waals surface area contributed by atoms with Crippen molar-refractivity contribution in [2.75, 3.05) is 13.1 Å². The van der Waals surface area contributed by atoms with Gasteiger partial charge in [0.05, 0.1) is 17.7 Å². The van der Waals surface area contributed by atoms with Crippen LogP contribution in [0.4, 0.5) is 4.79 Å². The van der Waals surface area contributed by atoms with Crippen molar-refractivity contribution in [3.63, 3.8) is 0 Å². The fraction of sp³-hybridized carbons (Fsp3) is 0.821. The highest BCUT2D eigenvalue weighted by atomic mass is 16.5. The average Bonchev–Trinajstić information content (AvgIpc) is 3.14. The number of aldehydes is 1. The smallest absolute Gasteiger partial charge is 0.315 e. The summed E-state index contributed by atoms with van der Waals surface area (Å²) in [5.41, 5.74) is -1.23. The molecule has 1 saturated carbocycles. The van der Waals surface area contributed by atoms with E-state index in [0.29, 0.717) is 25.8 Å². The monoisotopic (exact) mass is 549 g/mol. The summed E-state index contributed by atoms with van der Waals surface area (Å²) in [5.74, 6) is -1.23. The summed E-state index contributed by atoms with van der Waals surface area (Å²) in [4.78, 5) is 65.9. The van der Waals surface area contributed by atoms with Crippen LogP contribution in [0.1, 0.15) is 75.2 Å². The van der Waals surface area contributed by atoms with E-state index in [1.165, 1.54) is 4.90 Å².